The molecule has 0 fully saturated rings. The number of rotatable bonds is 0. The minimum atomic E-state index is 0.345. The van der Waals surface area contributed by atoms with E-state index in [1.807, 2.05) is 52.8 Å². The summed E-state index contributed by atoms with van der Waals surface area (Å²) < 4.78 is 0. The third-order valence-corrected chi connectivity index (χ3v) is 3.39. The Hall–Kier alpha value is -1.96. The number of phenolic OH excluding ortho intramolecular Hbond substituents is 2. The van der Waals surface area contributed by atoms with Gasteiger partial charge in [0, 0.05) is 0 Å². The number of hydrogen-bond acceptors (Lipinski definition) is 2. The Labute approximate surface area is 115 Å². The van der Waals surface area contributed by atoms with E-state index in [4.69, 9.17) is 5.11 Å². The van der Waals surface area contributed by atoms with Gasteiger partial charge in [0.25, 0.3) is 0 Å². The summed E-state index contributed by atoms with van der Waals surface area (Å²) in [7, 11) is 0. The summed E-state index contributed by atoms with van der Waals surface area (Å²) in [5.41, 5.74) is 5.43. The maximum atomic E-state index is 9.39. The summed E-state index contributed by atoms with van der Waals surface area (Å²) in [6.07, 6.45) is 0. The molecular weight excluding hydrogens is 236 g/mol. The lowest BCUT2D eigenvalue weighted by Gasteiger charge is -2.04. The van der Waals surface area contributed by atoms with E-state index < -0.39 is 0 Å². The number of aromatic hydroxyl groups is 2. The molecule has 0 heterocycles. The van der Waals surface area contributed by atoms with E-state index in [0.717, 1.165) is 22.3 Å². The van der Waals surface area contributed by atoms with Crippen molar-refractivity contribution >= 4 is 0 Å². The predicted molar refractivity (Wildman–Crippen MR) is 79.9 cm³/mol. The number of benzene rings is 2. The zero-order valence-electron chi connectivity index (χ0n) is 12.3. The maximum absolute atomic E-state index is 9.39. The van der Waals surface area contributed by atoms with Crippen molar-refractivity contribution in [3.63, 3.8) is 0 Å². The van der Waals surface area contributed by atoms with Crippen molar-refractivity contribution < 1.29 is 10.2 Å². The first kappa shape index (κ1) is 15.1. The normalized spacial score (nSPS) is 9.74. The highest BCUT2D eigenvalue weighted by Gasteiger charge is 2.00. The van der Waals surface area contributed by atoms with Gasteiger partial charge in [0.05, 0.1) is 0 Å². The van der Waals surface area contributed by atoms with Crippen LogP contribution in [0.25, 0.3) is 0 Å². The smallest absolute Gasteiger partial charge is 0.121 e. The first-order valence-corrected chi connectivity index (χ1v) is 6.35. The molecule has 2 aromatic carbocycles. The van der Waals surface area contributed by atoms with E-state index in [9.17, 15) is 5.11 Å². The van der Waals surface area contributed by atoms with Crippen LogP contribution in [0.2, 0.25) is 0 Å². The molecule has 0 saturated heterocycles. The van der Waals surface area contributed by atoms with Crippen molar-refractivity contribution in [1.29, 1.82) is 0 Å². The number of phenols is 2. The van der Waals surface area contributed by atoms with Crippen LogP contribution in [0.1, 0.15) is 27.8 Å². The molecule has 2 rings (SSSR count). The Bertz CT molecular complexity index is 545. The fourth-order valence-corrected chi connectivity index (χ4v) is 1.66. The Balaban J connectivity index is 0.000000191. The second-order valence-corrected chi connectivity index (χ2v) is 4.94. The first-order valence-electron chi connectivity index (χ1n) is 6.35. The fraction of sp³-hybridized carbons (Fsp3) is 0.294. The third kappa shape index (κ3) is 4.02. The van der Waals surface area contributed by atoms with Crippen molar-refractivity contribution in [2.24, 2.45) is 0 Å². The van der Waals surface area contributed by atoms with Crippen molar-refractivity contribution in [2.45, 2.75) is 34.6 Å². The van der Waals surface area contributed by atoms with Crippen LogP contribution in [-0.2, 0) is 0 Å². The second-order valence-electron chi connectivity index (χ2n) is 4.94. The molecule has 102 valence electrons. The molecule has 2 heteroatoms. The maximum Gasteiger partial charge on any atom is 0.121 e. The highest BCUT2D eigenvalue weighted by atomic mass is 16.3. The van der Waals surface area contributed by atoms with Gasteiger partial charge in [-0.05, 0) is 74.6 Å². The lowest BCUT2D eigenvalue weighted by atomic mass is 10.1. The standard InChI is InChI=1S/C9H12O.C8H10O/c1-6-4-5-7(2)9(10)8(6)3;1-6-3-4-8(9)5-7(6)2/h4-5,10H,1-3H3;3-5,9H,1-2H3. The second kappa shape index (κ2) is 6.28. The monoisotopic (exact) mass is 258 g/mol. The quantitative estimate of drug-likeness (QED) is 0.738. The number of hydrogen-bond donors (Lipinski definition) is 2. The van der Waals surface area contributed by atoms with Gasteiger partial charge >= 0.3 is 0 Å². The van der Waals surface area contributed by atoms with Gasteiger partial charge in [-0.2, -0.15) is 0 Å². The van der Waals surface area contributed by atoms with E-state index in [2.05, 4.69) is 0 Å². The lowest BCUT2D eigenvalue weighted by Crippen LogP contribution is -1.83. The Morgan fingerprint density at radius 1 is 0.632 bits per heavy atom. The van der Waals surface area contributed by atoms with Crippen LogP contribution < -0.4 is 0 Å². The van der Waals surface area contributed by atoms with E-state index in [0.29, 0.717) is 11.5 Å². The summed E-state index contributed by atoms with van der Waals surface area (Å²) >= 11 is 0. The van der Waals surface area contributed by atoms with Crippen molar-refractivity contribution in [3.05, 3.63) is 58.1 Å². The predicted octanol–water partition coefficient (Wildman–Crippen LogP) is 4.33. The molecule has 2 aromatic rings. The zero-order valence-corrected chi connectivity index (χ0v) is 12.3. The molecule has 2 N–H and O–H groups in total. The van der Waals surface area contributed by atoms with Gasteiger partial charge in [0.15, 0.2) is 0 Å². The SMILES string of the molecule is Cc1ccc(C)c(O)c1C.Cc1ccc(O)cc1C. The molecule has 0 bridgehead atoms. The molecule has 2 nitrogen and oxygen atoms in total. The van der Waals surface area contributed by atoms with Crippen LogP contribution in [0.5, 0.6) is 11.5 Å². The van der Waals surface area contributed by atoms with Crippen LogP contribution >= 0.6 is 0 Å². The largest absolute Gasteiger partial charge is 0.508 e. The molecule has 0 aromatic heterocycles. The van der Waals surface area contributed by atoms with Crippen LogP contribution in [-0.4, -0.2) is 10.2 Å². The molecule has 19 heavy (non-hydrogen) atoms. The molecular formula is C17H22O2. The van der Waals surface area contributed by atoms with E-state index in [-0.39, 0.29) is 0 Å². The Morgan fingerprint density at radius 3 is 1.63 bits per heavy atom. The van der Waals surface area contributed by atoms with Crippen molar-refractivity contribution in [2.75, 3.05) is 0 Å². The summed E-state index contributed by atoms with van der Waals surface area (Å²) in [4.78, 5) is 0. The minimum Gasteiger partial charge on any atom is -0.508 e. The molecule has 0 atom stereocenters. The highest BCUT2D eigenvalue weighted by Crippen LogP contribution is 2.23. The first-order chi connectivity index (χ1) is 8.82. The Morgan fingerprint density at radius 2 is 1.16 bits per heavy atom. The molecule has 0 amide bonds. The van der Waals surface area contributed by atoms with Crippen LogP contribution in [0, 0.1) is 34.6 Å². The number of aryl methyl sites for hydroxylation is 4. The summed E-state index contributed by atoms with van der Waals surface area (Å²) in [5, 5.41) is 18.3. The van der Waals surface area contributed by atoms with Gasteiger partial charge in [-0.1, -0.05) is 18.2 Å². The molecule has 0 aliphatic heterocycles. The molecule has 0 unspecified atom stereocenters. The van der Waals surface area contributed by atoms with Gasteiger partial charge < -0.3 is 10.2 Å². The highest BCUT2D eigenvalue weighted by molar-refractivity contribution is 5.43. The van der Waals surface area contributed by atoms with Crippen LogP contribution in [0.4, 0.5) is 0 Å². The third-order valence-electron chi connectivity index (χ3n) is 3.39. The topological polar surface area (TPSA) is 40.5 Å². The fourth-order valence-electron chi connectivity index (χ4n) is 1.66. The molecule has 0 radical (unpaired) electrons. The van der Waals surface area contributed by atoms with E-state index in [1.54, 1.807) is 12.1 Å². The van der Waals surface area contributed by atoms with Crippen LogP contribution in [0.3, 0.4) is 0 Å². The van der Waals surface area contributed by atoms with Crippen molar-refractivity contribution in [3.8, 4) is 11.5 Å². The van der Waals surface area contributed by atoms with E-state index >= 15 is 0 Å². The summed E-state index contributed by atoms with van der Waals surface area (Å²) in [6, 6.07) is 9.31. The average molecular weight is 258 g/mol. The molecule has 0 aliphatic carbocycles. The van der Waals surface area contributed by atoms with Gasteiger partial charge in [0.1, 0.15) is 11.5 Å². The molecule has 0 spiro atoms. The molecule has 0 aliphatic rings. The van der Waals surface area contributed by atoms with Gasteiger partial charge in [-0.25, -0.2) is 0 Å². The summed E-state index contributed by atoms with van der Waals surface area (Å²) in [5.74, 6) is 0.776. The Kier molecular flexibility index (Phi) is 4.99. The van der Waals surface area contributed by atoms with Gasteiger partial charge in [0.2, 0.25) is 0 Å². The van der Waals surface area contributed by atoms with Crippen molar-refractivity contribution in [1.82, 2.24) is 0 Å². The van der Waals surface area contributed by atoms with Gasteiger partial charge in [-0.15, -0.1) is 0 Å². The van der Waals surface area contributed by atoms with Crippen LogP contribution in [0.15, 0.2) is 30.3 Å². The van der Waals surface area contributed by atoms with Gasteiger partial charge in [-0.3, -0.25) is 0 Å². The zero-order chi connectivity index (χ0) is 14.6. The minimum absolute atomic E-state index is 0.345. The lowest BCUT2D eigenvalue weighted by molar-refractivity contribution is 0.466. The summed E-state index contributed by atoms with van der Waals surface area (Å²) in [6.45, 7) is 9.83. The molecule has 0 saturated carbocycles. The average Bonchev–Trinajstić information content (AvgIpc) is 2.37. The van der Waals surface area contributed by atoms with E-state index in [1.165, 1.54) is 5.56 Å².